The fourth-order valence-corrected chi connectivity index (χ4v) is 3.87. The zero-order valence-electron chi connectivity index (χ0n) is 27.0. The quantitative estimate of drug-likeness (QED) is 0.273. The number of phenolic OH excluding ortho intramolecular Hbond substituents is 2. The molecule has 2 aromatic carbocycles. The molecule has 2 rings (SSSR count). The van der Waals surface area contributed by atoms with Crippen LogP contribution in [0.2, 0.25) is 0 Å². The second-order valence-corrected chi connectivity index (χ2v) is 14.6. The van der Waals surface area contributed by atoms with Gasteiger partial charge in [-0.1, -0.05) is 107 Å². The summed E-state index contributed by atoms with van der Waals surface area (Å²) in [6, 6.07) is 8.52. The zero-order valence-corrected chi connectivity index (χ0v) is 33.9. The van der Waals surface area contributed by atoms with E-state index in [9.17, 15) is 10.2 Å². The number of rotatable bonds is 2. The molecule has 0 spiro atoms. The molecule has 6 nitrogen and oxygen atoms in total. The molecule has 0 unspecified atom stereocenters. The number of hydrogen-bond acceptors (Lipinski definition) is 6. The summed E-state index contributed by atoms with van der Waals surface area (Å²) < 4.78 is 8.55. The molecule has 2 aromatic rings. The van der Waals surface area contributed by atoms with Crippen LogP contribution in [-0.2, 0) is 32.6 Å². The van der Waals surface area contributed by atoms with Crippen LogP contribution in [-0.4, -0.2) is 10.2 Å². The van der Waals surface area contributed by atoms with E-state index in [-0.39, 0.29) is 110 Å². The van der Waals surface area contributed by atoms with Gasteiger partial charge in [-0.05, 0) is 55.0 Å². The van der Waals surface area contributed by atoms with Crippen LogP contribution in [0.1, 0.15) is 116 Å². The molecule has 0 fully saturated rings. The van der Waals surface area contributed by atoms with E-state index in [1.54, 1.807) is 0 Å². The second kappa shape index (κ2) is 15.7. The molecule has 0 bridgehead atoms. The van der Waals surface area contributed by atoms with Gasteiger partial charge in [0, 0.05) is 6.42 Å². The van der Waals surface area contributed by atoms with Crippen molar-refractivity contribution in [1.82, 2.24) is 0 Å². The van der Waals surface area contributed by atoms with Crippen LogP contribution in [0.4, 0.5) is 0 Å². The van der Waals surface area contributed by atoms with Crippen molar-refractivity contribution in [1.29, 1.82) is 0 Å². The molecule has 0 saturated carbocycles. The first-order valence-electron chi connectivity index (χ1n) is 12.2. The van der Waals surface area contributed by atoms with Crippen molar-refractivity contribution in [3.05, 3.63) is 57.6 Å². The first kappa shape index (κ1) is 44.6. The Hall–Kier alpha value is 1.15. The average Bonchev–Trinajstić information content (AvgIpc) is 2.59. The minimum atomic E-state index is -5.39. The van der Waals surface area contributed by atoms with Gasteiger partial charge in [0.2, 0.25) is 0 Å². The molecule has 39 heavy (non-hydrogen) atoms. The molecule has 0 radical (unpaired) electrons. The number of benzene rings is 2. The van der Waals surface area contributed by atoms with Crippen molar-refractivity contribution in [2.24, 2.45) is 0 Å². The van der Waals surface area contributed by atoms with E-state index in [4.69, 9.17) is 19.2 Å². The van der Waals surface area contributed by atoms with Crippen molar-refractivity contribution in [2.45, 2.75) is 111 Å². The first-order valence-corrected chi connectivity index (χ1v) is 13.7. The summed E-state index contributed by atoms with van der Waals surface area (Å²) in [4.78, 5) is 25.6. The van der Waals surface area contributed by atoms with Gasteiger partial charge in [-0.2, -0.15) is 7.82 Å². The molecule has 0 aliphatic carbocycles. The fourth-order valence-electron chi connectivity index (χ4n) is 3.87. The largest absolute Gasteiger partial charge is 1.00 e. The van der Waals surface area contributed by atoms with E-state index in [1.165, 1.54) is 11.1 Å². The Morgan fingerprint density at radius 1 is 0.564 bits per heavy atom. The molecular formula is C29H44Na3O6P. The Kier molecular flexibility index (Phi) is 18.0. The molecule has 0 aliphatic heterocycles. The van der Waals surface area contributed by atoms with Crippen molar-refractivity contribution in [3.63, 3.8) is 0 Å². The van der Waals surface area contributed by atoms with Gasteiger partial charge in [-0.3, -0.25) is 0 Å². The Morgan fingerprint density at radius 3 is 0.974 bits per heavy atom. The molecule has 204 valence electrons. The van der Waals surface area contributed by atoms with Gasteiger partial charge in [0.1, 0.15) is 11.5 Å². The third-order valence-corrected chi connectivity index (χ3v) is 6.11. The minimum Gasteiger partial charge on any atom is -0.822 e. The van der Waals surface area contributed by atoms with Gasteiger partial charge in [-0.15, -0.1) is 0 Å². The smallest absolute Gasteiger partial charge is 0.822 e. The summed E-state index contributed by atoms with van der Waals surface area (Å²) in [5.74, 6) is 0.691. The Labute approximate surface area is 302 Å². The third kappa shape index (κ3) is 14.4. The van der Waals surface area contributed by atoms with Gasteiger partial charge >= 0.3 is 88.7 Å². The van der Waals surface area contributed by atoms with Crippen LogP contribution < -0.4 is 103 Å². The van der Waals surface area contributed by atoms with Crippen molar-refractivity contribution in [3.8, 4) is 11.5 Å². The summed E-state index contributed by atoms with van der Waals surface area (Å²) in [6.07, 6.45) is 0.498. The first-order chi connectivity index (χ1) is 15.7. The molecular weight excluding hydrogens is 544 g/mol. The predicted molar refractivity (Wildman–Crippen MR) is 141 cm³/mol. The molecule has 0 heterocycles. The maximum Gasteiger partial charge on any atom is 1.00 e. The maximum absolute atomic E-state index is 11.2. The molecule has 0 atom stereocenters. The van der Waals surface area contributed by atoms with Crippen LogP contribution in [0.5, 0.6) is 11.5 Å². The Morgan fingerprint density at radius 2 is 0.795 bits per heavy atom. The van der Waals surface area contributed by atoms with Crippen LogP contribution in [0.15, 0.2) is 24.3 Å². The SMILES string of the molecule is CC(C)(C)c1cc(Cc2cc(C(C)(C)C)cc(C(C)(C)C)c2O)c(O)c(C(C)(C)C)c1.O=P([O-])([O-])[O-].[Na+].[Na+].[Na+]. The number of hydrogen-bond donors (Lipinski definition) is 2. The molecule has 10 heteroatoms. The van der Waals surface area contributed by atoms with E-state index in [0.29, 0.717) is 17.9 Å². The number of aromatic hydroxyl groups is 2. The molecule has 0 amide bonds. The summed E-state index contributed by atoms with van der Waals surface area (Å²) >= 11 is 0. The molecule has 0 aliphatic rings. The number of phenols is 2. The molecule has 0 aromatic heterocycles. The molecule has 2 N–H and O–H groups in total. The van der Waals surface area contributed by atoms with Crippen LogP contribution >= 0.6 is 7.82 Å². The fraction of sp³-hybridized carbons (Fsp3) is 0.586. The van der Waals surface area contributed by atoms with Crippen molar-refractivity contribution >= 4 is 7.82 Å². The van der Waals surface area contributed by atoms with Gasteiger partial charge in [0.15, 0.2) is 0 Å². The Bertz CT molecular complexity index is 1040. The summed E-state index contributed by atoms with van der Waals surface area (Å²) in [5, 5.41) is 22.5. The number of phosphoric acid groups is 1. The minimum absolute atomic E-state index is 0. The monoisotopic (exact) mass is 588 g/mol. The van der Waals surface area contributed by atoms with Gasteiger partial charge in [-0.25, -0.2) is 0 Å². The van der Waals surface area contributed by atoms with Gasteiger partial charge < -0.3 is 29.5 Å². The van der Waals surface area contributed by atoms with Crippen LogP contribution in [0.25, 0.3) is 0 Å². The van der Waals surface area contributed by atoms with Crippen LogP contribution in [0.3, 0.4) is 0 Å². The normalized spacial score (nSPS) is 12.3. The van der Waals surface area contributed by atoms with Gasteiger partial charge in [0.05, 0.1) is 0 Å². The summed E-state index contributed by atoms with van der Waals surface area (Å²) in [7, 11) is -5.39. The van der Waals surface area contributed by atoms with E-state index in [0.717, 1.165) is 22.3 Å². The van der Waals surface area contributed by atoms with Crippen molar-refractivity contribution < 1.29 is 118 Å². The standard InChI is InChI=1S/C29H44O2.3Na.H3O4P/c1-26(2,3)20-14-18(24(30)22(16-20)28(7,8)9)13-19-15-21(27(4,5)6)17-23(25(19)31)29(10,11)12;;;;1-5(2,3)4/h14-17,30-31H,13H2,1-12H3;;;;(H3,1,2,3,4)/q;3*+1;/p-3. The Balaban J connectivity index is -0.00000148. The van der Waals surface area contributed by atoms with E-state index in [2.05, 4.69) is 107 Å². The maximum atomic E-state index is 11.2. The van der Waals surface area contributed by atoms with E-state index >= 15 is 0 Å². The summed E-state index contributed by atoms with van der Waals surface area (Å²) in [6.45, 7) is 26.0. The van der Waals surface area contributed by atoms with Gasteiger partial charge in [0.25, 0.3) is 0 Å². The predicted octanol–water partition coefficient (Wildman–Crippen LogP) is -3.93. The topological polar surface area (TPSA) is 127 Å². The second-order valence-electron chi connectivity index (χ2n) is 13.7. The third-order valence-electron chi connectivity index (χ3n) is 6.11. The van der Waals surface area contributed by atoms with E-state index in [1.807, 2.05) is 0 Å². The van der Waals surface area contributed by atoms with Crippen molar-refractivity contribution in [2.75, 3.05) is 0 Å². The zero-order chi connectivity index (χ0) is 28.7. The average molecular weight is 589 g/mol. The molecule has 0 saturated heterocycles. The van der Waals surface area contributed by atoms with E-state index < -0.39 is 7.82 Å². The van der Waals surface area contributed by atoms with Crippen LogP contribution in [0, 0.1) is 0 Å². The summed E-state index contributed by atoms with van der Waals surface area (Å²) in [5.41, 5.74) is 5.65.